The molecule has 0 radical (unpaired) electrons. The maximum absolute atomic E-state index is 8.83. The maximum Gasteiger partial charge on any atom is 0.196 e. The molecule has 1 aromatic heterocycles. The van der Waals surface area contributed by atoms with Crippen molar-refractivity contribution in [3.63, 3.8) is 0 Å². The van der Waals surface area contributed by atoms with Gasteiger partial charge in [0.15, 0.2) is 5.16 Å². The number of nitrogens with zero attached hydrogens (tertiary/aromatic N) is 3. The predicted octanol–water partition coefficient (Wildman–Crippen LogP) is 2.43. The van der Waals surface area contributed by atoms with Crippen molar-refractivity contribution in [3.05, 3.63) is 34.3 Å². The minimum Gasteiger partial charge on any atom is -0.383 e. The molecule has 2 rings (SSSR count). The Balaban J connectivity index is 2.29. The van der Waals surface area contributed by atoms with Crippen LogP contribution in [-0.4, -0.2) is 9.97 Å². The normalized spacial score (nSPS) is 10.0. The van der Waals surface area contributed by atoms with Gasteiger partial charge in [-0.3, -0.25) is 0 Å². The molecule has 0 saturated heterocycles. The molecular formula is C11H8BrN5S. The molecule has 0 amide bonds. The molecule has 7 heteroatoms. The third-order valence-electron chi connectivity index (χ3n) is 2.02. The lowest BCUT2D eigenvalue weighted by atomic mass is 10.2. The Labute approximate surface area is 116 Å². The number of hydrogen-bond donors (Lipinski definition) is 2. The largest absolute Gasteiger partial charge is 0.383 e. The second-order valence-electron chi connectivity index (χ2n) is 3.36. The van der Waals surface area contributed by atoms with E-state index < -0.39 is 0 Å². The molecule has 90 valence electrons. The van der Waals surface area contributed by atoms with E-state index in [1.54, 1.807) is 6.07 Å². The zero-order valence-corrected chi connectivity index (χ0v) is 11.5. The molecule has 0 aliphatic rings. The molecule has 0 saturated carbocycles. The monoisotopic (exact) mass is 321 g/mol. The van der Waals surface area contributed by atoms with Crippen molar-refractivity contribution in [2.24, 2.45) is 0 Å². The summed E-state index contributed by atoms with van der Waals surface area (Å²) in [5.41, 5.74) is 11.8. The van der Waals surface area contributed by atoms with Gasteiger partial charge in [0.25, 0.3) is 0 Å². The zero-order valence-electron chi connectivity index (χ0n) is 9.09. The van der Waals surface area contributed by atoms with Crippen LogP contribution < -0.4 is 11.5 Å². The predicted molar refractivity (Wildman–Crippen MR) is 73.8 cm³/mol. The fourth-order valence-corrected chi connectivity index (χ4v) is 2.71. The van der Waals surface area contributed by atoms with Gasteiger partial charge in [-0.05, 0) is 45.9 Å². The Morgan fingerprint density at radius 1 is 1.17 bits per heavy atom. The van der Waals surface area contributed by atoms with Crippen LogP contribution in [-0.2, 0) is 0 Å². The van der Waals surface area contributed by atoms with Gasteiger partial charge in [-0.2, -0.15) is 5.26 Å². The molecule has 4 N–H and O–H groups in total. The quantitative estimate of drug-likeness (QED) is 0.823. The maximum atomic E-state index is 8.83. The summed E-state index contributed by atoms with van der Waals surface area (Å²) in [6.45, 7) is 0. The van der Waals surface area contributed by atoms with Gasteiger partial charge in [0.1, 0.15) is 17.7 Å². The van der Waals surface area contributed by atoms with E-state index in [1.165, 1.54) is 17.8 Å². The van der Waals surface area contributed by atoms with E-state index in [0.717, 1.165) is 9.37 Å². The van der Waals surface area contributed by atoms with E-state index in [-0.39, 0.29) is 0 Å². The lowest BCUT2D eigenvalue weighted by Crippen LogP contribution is -1.98. The van der Waals surface area contributed by atoms with Crippen LogP contribution in [0.25, 0.3) is 0 Å². The van der Waals surface area contributed by atoms with Crippen molar-refractivity contribution >= 4 is 39.3 Å². The van der Waals surface area contributed by atoms with Crippen molar-refractivity contribution in [1.29, 1.82) is 5.26 Å². The van der Waals surface area contributed by atoms with Gasteiger partial charge in [0.05, 0.1) is 5.56 Å². The van der Waals surface area contributed by atoms with E-state index in [1.807, 2.05) is 12.1 Å². The van der Waals surface area contributed by atoms with Crippen LogP contribution in [0.1, 0.15) is 5.56 Å². The summed E-state index contributed by atoms with van der Waals surface area (Å²) in [7, 11) is 0. The highest BCUT2D eigenvalue weighted by Gasteiger charge is 2.06. The van der Waals surface area contributed by atoms with E-state index in [0.29, 0.717) is 22.4 Å². The minimum absolute atomic E-state index is 0.331. The van der Waals surface area contributed by atoms with Crippen LogP contribution in [0.4, 0.5) is 11.6 Å². The molecule has 0 aliphatic heterocycles. The van der Waals surface area contributed by atoms with Crippen molar-refractivity contribution in [2.75, 3.05) is 11.5 Å². The SMILES string of the molecule is N#Cc1ccc(Sc2nc(N)cc(N)n2)cc1Br. The Bertz CT molecular complexity index is 618. The smallest absolute Gasteiger partial charge is 0.196 e. The Kier molecular flexibility index (Phi) is 3.69. The number of hydrogen-bond acceptors (Lipinski definition) is 6. The van der Waals surface area contributed by atoms with Gasteiger partial charge >= 0.3 is 0 Å². The molecular weight excluding hydrogens is 314 g/mol. The van der Waals surface area contributed by atoms with Gasteiger partial charge in [0.2, 0.25) is 0 Å². The molecule has 18 heavy (non-hydrogen) atoms. The van der Waals surface area contributed by atoms with Gasteiger partial charge in [0, 0.05) is 15.4 Å². The molecule has 2 aromatic rings. The fraction of sp³-hybridized carbons (Fsp3) is 0. The number of halogens is 1. The highest BCUT2D eigenvalue weighted by molar-refractivity contribution is 9.10. The van der Waals surface area contributed by atoms with Gasteiger partial charge in [-0.1, -0.05) is 0 Å². The first kappa shape index (κ1) is 12.7. The summed E-state index contributed by atoms with van der Waals surface area (Å²) >= 11 is 4.65. The fourth-order valence-electron chi connectivity index (χ4n) is 1.26. The van der Waals surface area contributed by atoms with Gasteiger partial charge < -0.3 is 11.5 Å². The van der Waals surface area contributed by atoms with E-state index in [9.17, 15) is 0 Å². The third kappa shape index (κ3) is 2.91. The van der Waals surface area contributed by atoms with Gasteiger partial charge in [-0.15, -0.1) is 0 Å². The summed E-state index contributed by atoms with van der Waals surface area (Å²) in [5.74, 6) is 0.662. The summed E-state index contributed by atoms with van der Waals surface area (Å²) in [5, 5.41) is 9.30. The molecule has 0 atom stereocenters. The lowest BCUT2D eigenvalue weighted by molar-refractivity contribution is 0.984. The molecule has 1 aromatic carbocycles. The highest BCUT2D eigenvalue weighted by atomic mass is 79.9. The van der Waals surface area contributed by atoms with Crippen LogP contribution in [0.3, 0.4) is 0 Å². The first-order valence-electron chi connectivity index (χ1n) is 4.86. The molecule has 0 spiro atoms. The third-order valence-corrected chi connectivity index (χ3v) is 3.53. The van der Waals surface area contributed by atoms with E-state index in [4.69, 9.17) is 16.7 Å². The second kappa shape index (κ2) is 5.25. The van der Waals surface area contributed by atoms with Crippen LogP contribution in [0.15, 0.2) is 38.8 Å². The number of nitrogen functional groups attached to an aromatic ring is 2. The second-order valence-corrected chi connectivity index (χ2v) is 5.25. The van der Waals surface area contributed by atoms with E-state index >= 15 is 0 Å². The first-order chi connectivity index (χ1) is 8.58. The number of aromatic nitrogens is 2. The summed E-state index contributed by atoms with van der Waals surface area (Å²) < 4.78 is 0.729. The van der Waals surface area contributed by atoms with Crippen molar-refractivity contribution < 1.29 is 0 Å². The topological polar surface area (TPSA) is 102 Å². The van der Waals surface area contributed by atoms with Crippen molar-refractivity contribution in [2.45, 2.75) is 10.1 Å². The molecule has 0 unspecified atom stereocenters. The summed E-state index contributed by atoms with van der Waals surface area (Å²) in [6, 6.07) is 8.94. The molecule has 1 heterocycles. The Morgan fingerprint density at radius 2 is 1.83 bits per heavy atom. The van der Waals surface area contributed by atoms with E-state index in [2.05, 4.69) is 32.0 Å². The molecule has 5 nitrogen and oxygen atoms in total. The minimum atomic E-state index is 0.331. The first-order valence-corrected chi connectivity index (χ1v) is 6.47. The van der Waals surface area contributed by atoms with Crippen LogP contribution in [0.5, 0.6) is 0 Å². The number of rotatable bonds is 2. The van der Waals surface area contributed by atoms with Crippen LogP contribution in [0.2, 0.25) is 0 Å². The molecule has 0 bridgehead atoms. The average Bonchev–Trinajstić information content (AvgIpc) is 2.27. The number of nitrogens with two attached hydrogens (primary N) is 2. The number of benzene rings is 1. The lowest BCUT2D eigenvalue weighted by Gasteiger charge is -2.03. The highest BCUT2D eigenvalue weighted by Crippen LogP contribution is 2.29. The summed E-state index contributed by atoms with van der Waals surface area (Å²) in [6.07, 6.45) is 0. The molecule has 0 aliphatic carbocycles. The number of anilines is 2. The van der Waals surface area contributed by atoms with Crippen LogP contribution in [0, 0.1) is 11.3 Å². The van der Waals surface area contributed by atoms with Crippen LogP contribution >= 0.6 is 27.7 Å². The Morgan fingerprint density at radius 3 is 2.39 bits per heavy atom. The van der Waals surface area contributed by atoms with Gasteiger partial charge in [-0.25, -0.2) is 9.97 Å². The number of nitriles is 1. The summed E-state index contributed by atoms with van der Waals surface area (Å²) in [4.78, 5) is 9.04. The van der Waals surface area contributed by atoms with Crippen molar-refractivity contribution in [3.8, 4) is 6.07 Å². The average molecular weight is 322 g/mol. The molecule has 0 fully saturated rings. The Hall–Kier alpha value is -1.78. The standard InChI is InChI=1S/C11H8BrN5S/c12-8-3-7(2-1-6(8)5-13)18-11-16-9(14)4-10(15)17-11/h1-4H,(H4,14,15,16,17). The van der Waals surface area contributed by atoms with Crippen molar-refractivity contribution in [1.82, 2.24) is 9.97 Å². The zero-order chi connectivity index (χ0) is 13.1.